The van der Waals surface area contributed by atoms with Crippen molar-refractivity contribution in [1.82, 2.24) is 0 Å². The van der Waals surface area contributed by atoms with Crippen molar-refractivity contribution in [3.63, 3.8) is 0 Å². The summed E-state index contributed by atoms with van der Waals surface area (Å²) in [5.74, 6) is -0.146. The zero-order chi connectivity index (χ0) is 26.7. The topological polar surface area (TPSA) is 94.5 Å². The normalized spacial score (nSPS) is 16.6. The number of Topliss-reactive ketones (excluding diaryl/α,β-unsaturated/α-hetero) is 1. The van der Waals surface area contributed by atoms with Gasteiger partial charge in [-0.15, -0.1) is 0 Å². The Morgan fingerprint density at radius 2 is 1.57 bits per heavy atom. The monoisotopic (exact) mass is 503 g/mol. The van der Waals surface area contributed by atoms with E-state index in [1.54, 1.807) is 42.5 Å². The Morgan fingerprint density at radius 1 is 0.919 bits per heavy atom. The Kier molecular flexibility index (Phi) is 7.38. The summed E-state index contributed by atoms with van der Waals surface area (Å²) in [6, 6.07) is 16.3. The van der Waals surface area contributed by atoms with Gasteiger partial charge in [-0.1, -0.05) is 12.1 Å². The lowest BCUT2D eigenvalue weighted by atomic mass is 9.94. The Hall–Kier alpha value is -4.46. The molecule has 0 aliphatic carbocycles. The van der Waals surface area contributed by atoms with Crippen molar-refractivity contribution in [1.29, 1.82) is 0 Å². The number of ketones is 1. The SMILES string of the molecule is CCOc1ccc(/C(O)=C2\C(=O)C(=O)N(c3cccc(C)c3)C2c2cc(OC)c(OC)c(OC)c2)cc1. The molecule has 1 heterocycles. The number of rotatable bonds is 8. The Morgan fingerprint density at radius 3 is 2.11 bits per heavy atom. The maximum atomic E-state index is 13.5. The van der Waals surface area contributed by atoms with Crippen LogP contribution in [0.3, 0.4) is 0 Å². The number of nitrogens with zero attached hydrogens (tertiary/aromatic N) is 1. The van der Waals surface area contributed by atoms with Crippen LogP contribution in [0.1, 0.15) is 29.7 Å². The molecule has 1 N–H and O–H groups in total. The number of hydrogen-bond acceptors (Lipinski definition) is 7. The van der Waals surface area contributed by atoms with Gasteiger partial charge in [0, 0.05) is 11.3 Å². The molecule has 0 aromatic heterocycles. The Labute approximate surface area is 215 Å². The molecule has 192 valence electrons. The summed E-state index contributed by atoms with van der Waals surface area (Å²) in [6.45, 7) is 4.26. The lowest BCUT2D eigenvalue weighted by Gasteiger charge is -2.27. The van der Waals surface area contributed by atoms with Crippen molar-refractivity contribution in [2.75, 3.05) is 32.8 Å². The van der Waals surface area contributed by atoms with E-state index in [2.05, 4.69) is 0 Å². The van der Waals surface area contributed by atoms with Crippen molar-refractivity contribution in [2.45, 2.75) is 19.9 Å². The van der Waals surface area contributed by atoms with Crippen LogP contribution in [0.4, 0.5) is 5.69 Å². The third-order valence-corrected chi connectivity index (χ3v) is 6.17. The largest absolute Gasteiger partial charge is 0.507 e. The molecule has 0 saturated carbocycles. The van der Waals surface area contributed by atoms with Crippen molar-refractivity contribution in [3.8, 4) is 23.0 Å². The highest BCUT2D eigenvalue weighted by Crippen LogP contribution is 2.47. The quantitative estimate of drug-likeness (QED) is 0.261. The van der Waals surface area contributed by atoms with Crippen LogP contribution in [0, 0.1) is 6.92 Å². The second-order valence-electron chi connectivity index (χ2n) is 8.42. The van der Waals surface area contributed by atoms with E-state index in [0.29, 0.717) is 46.4 Å². The van der Waals surface area contributed by atoms with Crippen molar-refractivity contribution < 1.29 is 33.6 Å². The molecule has 1 atom stereocenters. The van der Waals surface area contributed by atoms with E-state index in [1.807, 2.05) is 32.0 Å². The molecule has 1 unspecified atom stereocenters. The zero-order valence-corrected chi connectivity index (χ0v) is 21.4. The number of ether oxygens (including phenoxy) is 4. The summed E-state index contributed by atoms with van der Waals surface area (Å²) in [5, 5.41) is 11.4. The van der Waals surface area contributed by atoms with E-state index in [1.165, 1.54) is 26.2 Å². The van der Waals surface area contributed by atoms with E-state index in [9.17, 15) is 14.7 Å². The van der Waals surface area contributed by atoms with Crippen LogP contribution in [0.2, 0.25) is 0 Å². The van der Waals surface area contributed by atoms with Gasteiger partial charge in [0.1, 0.15) is 11.5 Å². The number of benzene rings is 3. The van der Waals surface area contributed by atoms with E-state index >= 15 is 0 Å². The van der Waals surface area contributed by atoms with Crippen molar-refractivity contribution in [3.05, 3.63) is 82.9 Å². The van der Waals surface area contributed by atoms with Gasteiger partial charge in [0.25, 0.3) is 11.7 Å². The predicted molar refractivity (Wildman–Crippen MR) is 140 cm³/mol. The third-order valence-electron chi connectivity index (χ3n) is 6.17. The van der Waals surface area contributed by atoms with E-state index in [0.717, 1.165) is 5.56 Å². The van der Waals surface area contributed by atoms with Gasteiger partial charge < -0.3 is 24.1 Å². The van der Waals surface area contributed by atoms with Crippen LogP contribution in [-0.2, 0) is 9.59 Å². The molecule has 1 saturated heterocycles. The number of hydrogen-bond donors (Lipinski definition) is 1. The predicted octanol–water partition coefficient (Wildman–Crippen LogP) is 5.05. The van der Waals surface area contributed by atoms with Gasteiger partial charge in [-0.05, 0) is 73.5 Å². The molecule has 1 aliphatic rings. The molecular formula is C29H29NO7. The number of methoxy groups -OCH3 is 3. The summed E-state index contributed by atoms with van der Waals surface area (Å²) in [4.78, 5) is 28.3. The first-order valence-corrected chi connectivity index (χ1v) is 11.7. The maximum absolute atomic E-state index is 13.5. The standard InChI is InChI=1S/C29H29NO7/c1-6-37-21-12-10-18(11-13-21)26(31)24-25(19-15-22(34-3)28(36-5)23(16-19)35-4)30(29(33)27(24)32)20-9-7-8-17(2)14-20/h7-16,25,31H,6H2,1-5H3/b26-24+. The summed E-state index contributed by atoms with van der Waals surface area (Å²) in [7, 11) is 4.46. The van der Waals surface area contributed by atoms with Gasteiger partial charge >= 0.3 is 0 Å². The molecule has 8 heteroatoms. The second-order valence-corrected chi connectivity index (χ2v) is 8.42. The number of aliphatic hydroxyl groups excluding tert-OH is 1. The highest BCUT2D eigenvalue weighted by Gasteiger charge is 2.47. The molecule has 37 heavy (non-hydrogen) atoms. The molecule has 8 nitrogen and oxygen atoms in total. The highest BCUT2D eigenvalue weighted by molar-refractivity contribution is 6.51. The van der Waals surface area contributed by atoms with Crippen LogP contribution in [0.5, 0.6) is 23.0 Å². The molecule has 3 aromatic rings. The zero-order valence-electron chi connectivity index (χ0n) is 21.4. The average molecular weight is 504 g/mol. The molecule has 1 fully saturated rings. The smallest absolute Gasteiger partial charge is 0.300 e. The molecule has 1 amide bonds. The van der Waals surface area contributed by atoms with Gasteiger partial charge in [-0.2, -0.15) is 0 Å². The van der Waals surface area contributed by atoms with Crippen LogP contribution < -0.4 is 23.8 Å². The minimum atomic E-state index is -0.956. The first-order chi connectivity index (χ1) is 17.8. The van der Waals surface area contributed by atoms with E-state index in [4.69, 9.17) is 18.9 Å². The minimum Gasteiger partial charge on any atom is -0.507 e. The van der Waals surface area contributed by atoms with E-state index in [-0.39, 0.29) is 11.3 Å². The van der Waals surface area contributed by atoms with E-state index < -0.39 is 17.7 Å². The van der Waals surface area contributed by atoms with Gasteiger partial charge in [0.15, 0.2) is 11.5 Å². The van der Waals surface area contributed by atoms with Crippen LogP contribution >= 0.6 is 0 Å². The van der Waals surface area contributed by atoms with Crippen LogP contribution in [0.15, 0.2) is 66.2 Å². The third kappa shape index (κ3) is 4.70. The Balaban J connectivity index is 1.97. The molecule has 0 bridgehead atoms. The number of aliphatic hydroxyl groups is 1. The number of aryl methyl sites for hydroxylation is 1. The van der Waals surface area contributed by atoms with Crippen LogP contribution in [-0.4, -0.2) is 44.7 Å². The van der Waals surface area contributed by atoms with Gasteiger partial charge in [-0.25, -0.2) is 0 Å². The summed E-state index contributed by atoms with van der Waals surface area (Å²) in [5.41, 5.74) is 2.26. The fraction of sp³-hybridized carbons (Fsp3) is 0.241. The Bertz CT molecular complexity index is 1340. The average Bonchev–Trinajstić information content (AvgIpc) is 3.18. The van der Waals surface area contributed by atoms with Gasteiger partial charge in [0.2, 0.25) is 5.75 Å². The fourth-order valence-corrected chi connectivity index (χ4v) is 4.48. The lowest BCUT2D eigenvalue weighted by molar-refractivity contribution is -0.132. The molecular weight excluding hydrogens is 474 g/mol. The minimum absolute atomic E-state index is 0.0510. The second kappa shape index (κ2) is 10.7. The molecule has 0 radical (unpaired) electrons. The van der Waals surface area contributed by atoms with Crippen molar-refractivity contribution in [2.24, 2.45) is 0 Å². The van der Waals surface area contributed by atoms with Crippen LogP contribution in [0.25, 0.3) is 5.76 Å². The lowest BCUT2D eigenvalue weighted by Crippen LogP contribution is -2.29. The number of carbonyl (C=O) groups excluding carboxylic acids is 2. The molecule has 4 rings (SSSR count). The maximum Gasteiger partial charge on any atom is 0.300 e. The highest BCUT2D eigenvalue weighted by atomic mass is 16.5. The van der Waals surface area contributed by atoms with Crippen molar-refractivity contribution >= 4 is 23.1 Å². The fourth-order valence-electron chi connectivity index (χ4n) is 4.48. The molecule has 1 aliphatic heterocycles. The number of carbonyl (C=O) groups is 2. The molecule has 0 spiro atoms. The first-order valence-electron chi connectivity index (χ1n) is 11.7. The van der Waals surface area contributed by atoms with Gasteiger partial charge in [-0.3, -0.25) is 14.5 Å². The summed E-state index contributed by atoms with van der Waals surface area (Å²) >= 11 is 0. The number of amides is 1. The summed E-state index contributed by atoms with van der Waals surface area (Å²) < 4.78 is 22.0. The summed E-state index contributed by atoms with van der Waals surface area (Å²) in [6.07, 6.45) is 0. The van der Waals surface area contributed by atoms with Gasteiger partial charge in [0.05, 0.1) is 39.6 Å². The first kappa shape index (κ1) is 25.6. The molecule has 3 aromatic carbocycles. The number of anilines is 1.